The summed E-state index contributed by atoms with van der Waals surface area (Å²) in [6.45, 7) is -0.113. The largest absolute Gasteiger partial charge is 0.451 e. The summed E-state index contributed by atoms with van der Waals surface area (Å²) in [6, 6.07) is 20.6. The Morgan fingerprint density at radius 1 is 0.962 bits per heavy atom. The van der Waals surface area contributed by atoms with E-state index < -0.39 is 5.97 Å². The number of nitrogens with zero attached hydrogens (tertiary/aromatic N) is 3. The maximum atomic E-state index is 12.2. The molecular formula is C19H14N4O3. The molecule has 0 saturated carbocycles. The number of nitrogens with one attached hydrogen (secondary N) is 1. The molecule has 0 bridgehead atoms. The van der Waals surface area contributed by atoms with E-state index >= 15 is 0 Å². The minimum absolute atomic E-state index is 0.113. The van der Waals surface area contributed by atoms with Gasteiger partial charge >= 0.3 is 5.97 Å². The molecule has 2 aromatic carbocycles. The van der Waals surface area contributed by atoms with Gasteiger partial charge in [0, 0.05) is 11.1 Å². The van der Waals surface area contributed by atoms with Crippen LogP contribution in [0.4, 0.5) is 0 Å². The molecule has 0 atom stereocenters. The van der Waals surface area contributed by atoms with Crippen molar-refractivity contribution >= 4 is 5.97 Å². The predicted molar refractivity (Wildman–Crippen MR) is 92.9 cm³/mol. The summed E-state index contributed by atoms with van der Waals surface area (Å²) < 4.78 is 10.7. The average Bonchev–Trinajstić information content (AvgIpc) is 3.37. The molecule has 0 fully saturated rings. The molecule has 128 valence electrons. The van der Waals surface area contributed by atoms with Crippen molar-refractivity contribution in [2.45, 2.75) is 6.61 Å². The van der Waals surface area contributed by atoms with Crippen molar-refractivity contribution in [1.82, 2.24) is 20.4 Å². The Bertz CT molecular complexity index is 1010. The van der Waals surface area contributed by atoms with Crippen molar-refractivity contribution in [2.24, 2.45) is 0 Å². The standard InChI is InChI=1S/C19H14N4O3/c24-19(16-11-15(20-21-16)13-7-3-1-4-8-13)25-12-17-22-23-18(26-17)14-9-5-2-6-10-14/h1-11H,12H2,(H,20,21). The van der Waals surface area contributed by atoms with E-state index in [4.69, 9.17) is 9.15 Å². The van der Waals surface area contributed by atoms with Gasteiger partial charge in [-0.3, -0.25) is 5.10 Å². The Labute approximate surface area is 148 Å². The van der Waals surface area contributed by atoms with Gasteiger partial charge in [0.1, 0.15) is 5.69 Å². The van der Waals surface area contributed by atoms with Crippen LogP contribution in [-0.4, -0.2) is 26.4 Å². The van der Waals surface area contributed by atoms with Crippen molar-refractivity contribution in [1.29, 1.82) is 0 Å². The summed E-state index contributed by atoms with van der Waals surface area (Å²) in [5.74, 6) is 0.0590. The average molecular weight is 346 g/mol. The summed E-state index contributed by atoms with van der Waals surface area (Å²) in [6.07, 6.45) is 0. The highest BCUT2D eigenvalue weighted by molar-refractivity contribution is 5.88. The van der Waals surface area contributed by atoms with Crippen LogP contribution in [0.1, 0.15) is 16.4 Å². The van der Waals surface area contributed by atoms with E-state index in [-0.39, 0.29) is 18.2 Å². The number of esters is 1. The Morgan fingerprint density at radius 3 is 2.38 bits per heavy atom. The lowest BCUT2D eigenvalue weighted by Gasteiger charge is -1.98. The normalized spacial score (nSPS) is 10.6. The highest BCUT2D eigenvalue weighted by Crippen LogP contribution is 2.19. The first-order valence-corrected chi connectivity index (χ1v) is 7.95. The minimum Gasteiger partial charge on any atom is -0.451 e. The van der Waals surface area contributed by atoms with Crippen LogP contribution in [0, 0.1) is 0 Å². The summed E-state index contributed by atoms with van der Waals surface area (Å²) in [7, 11) is 0. The number of hydrogen-bond acceptors (Lipinski definition) is 6. The third-order valence-corrected chi connectivity index (χ3v) is 3.68. The molecule has 0 radical (unpaired) electrons. The van der Waals surface area contributed by atoms with E-state index in [2.05, 4.69) is 20.4 Å². The monoisotopic (exact) mass is 346 g/mol. The van der Waals surface area contributed by atoms with Gasteiger partial charge < -0.3 is 9.15 Å². The van der Waals surface area contributed by atoms with Crippen molar-refractivity contribution in [2.75, 3.05) is 0 Å². The highest BCUT2D eigenvalue weighted by atomic mass is 16.5. The number of hydrogen-bond donors (Lipinski definition) is 1. The molecule has 0 unspecified atom stereocenters. The summed E-state index contributed by atoms with van der Waals surface area (Å²) in [4.78, 5) is 12.2. The molecule has 26 heavy (non-hydrogen) atoms. The number of aromatic nitrogens is 4. The molecule has 2 aromatic heterocycles. The molecule has 7 heteroatoms. The molecule has 2 heterocycles. The fraction of sp³-hybridized carbons (Fsp3) is 0.0526. The van der Waals surface area contributed by atoms with Gasteiger partial charge in [0.25, 0.3) is 5.89 Å². The molecule has 4 aromatic rings. The number of carbonyl (C=O) groups excluding carboxylic acids is 1. The Morgan fingerprint density at radius 2 is 1.65 bits per heavy atom. The third kappa shape index (κ3) is 3.36. The number of aromatic amines is 1. The highest BCUT2D eigenvalue weighted by Gasteiger charge is 2.15. The smallest absolute Gasteiger partial charge is 0.356 e. The van der Waals surface area contributed by atoms with E-state index in [9.17, 15) is 4.79 Å². The molecule has 0 spiro atoms. The first-order valence-electron chi connectivity index (χ1n) is 7.95. The third-order valence-electron chi connectivity index (χ3n) is 3.68. The molecule has 0 aliphatic heterocycles. The minimum atomic E-state index is -0.542. The number of benzene rings is 2. The van der Waals surface area contributed by atoms with E-state index in [0.717, 1.165) is 11.1 Å². The van der Waals surface area contributed by atoms with E-state index in [1.54, 1.807) is 6.07 Å². The van der Waals surface area contributed by atoms with Gasteiger partial charge in [-0.2, -0.15) is 5.10 Å². The number of H-pyrrole nitrogens is 1. The molecule has 0 aliphatic carbocycles. The zero-order valence-electron chi connectivity index (χ0n) is 13.6. The second-order valence-electron chi connectivity index (χ2n) is 5.48. The van der Waals surface area contributed by atoms with Crippen molar-refractivity contribution in [3.8, 4) is 22.7 Å². The second-order valence-corrected chi connectivity index (χ2v) is 5.48. The number of carbonyl (C=O) groups is 1. The van der Waals surface area contributed by atoms with Crippen LogP contribution in [0.5, 0.6) is 0 Å². The zero-order chi connectivity index (χ0) is 17.8. The fourth-order valence-corrected chi connectivity index (χ4v) is 2.40. The Kier molecular flexibility index (Phi) is 4.26. The fourth-order valence-electron chi connectivity index (χ4n) is 2.40. The molecule has 1 N–H and O–H groups in total. The molecule has 0 aliphatic rings. The lowest BCUT2D eigenvalue weighted by Crippen LogP contribution is -2.05. The SMILES string of the molecule is O=C(OCc1nnc(-c2ccccc2)o1)c1cc(-c2ccccc2)n[nH]1. The molecule has 7 nitrogen and oxygen atoms in total. The van der Waals surface area contributed by atoms with Crippen LogP contribution >= 0.6 is 0 Å². The van der Waals surface area contributed by atoms with Crippen LogP contribution in [0.2, 0.25) is 0 Å². The first-order chi connectivity index (χ1) is 12.8. The van der Waals surface area contributed by atoms with Gasteiger partial charge in [0.15, 0.2) is 6.61 Å². The van der Waals surface area contributed by atoms with Crippen LogP contribution in [-0.2, 0) is 11.3 Å². The maximum absolute atomic E-state index is 12.2. The van der Waals surface area contributed by atoms with Crippen LogP contribution < -0.4 is 0 Å². The topological polar surface area (TPSA) is 93.9 Å². The summed E-state index contributed by atoms with van der Waals surface area (Å²) in [5, 5.41) is 14.7. The zero-order valence-corrected chi connectivity index (χ0v) is 13.6. The molecular weight excluding hydrogens is 332 g/mol. The number of ether oxygens (including phenoxy) is 1. The maximum Gasteiger partial charge on any atom is 0.356 e. The van der Waals surface area contributed by atoms with Gasteiger partial charge in [0.05, 0.1) is 5.69 Å². The van der Waals surface area contributed by atoms with Gasteiger partial charge in [-0.25, -0.2) is 4.79 Å². The summed E-state index contributed by atoms with van der Waals surface area (Å²) >= 11 is 0. The van der Waals surface area contributed by atoms with Crippen LogP contribution in [0.15, 0.2) is 71.1 Å². The van der Waals surface area contributed by atoms with Crippen molar-refractivity contribution in [3.63, 3.8) is 0 Å². The summed E-state index contributed by atoms with van der Waals surface area (Å²) in [5.41, 5.74) is 2.64. The van der Waals surface area contributed by atoms with Crippen molar-refractivity contribution in [3.05, 3.63) is 78.3 Å². The van der Waals surface area contributed by atoms with Crippen molar-refractivity contribution < 1.29 is 13.9 Å². The number of rotatable bonds is 5. The predicted octanol–water partition coefficient (Wildman–Crippen LogP) is 3.48. The van der Waals surface area contributed by atoms with Gasteiger partial charge in [-0.05, 0) is 18.2 Å². The van der Waals surface area contributed by atoms with E-state index in [1.165, 1.54) is 0 Å². The van der Waals surface area contributed by atoms with Gasteiger partial charge in [-0.1, -0.05) is 48.5 Å². The second kappa shape index (κ2) is 7.02. The van der Waals surface area contributed by atoms with Crippen LogP contribution in [0.25, 0.3) is 22.7 Å². The van der Waals surface area contributed by atoms with Gasteiger partial charge in [0.2, 0.25) is 5.89 Å². The quantitative estimate of drug-likeness (QED) is 0.556. The van der Waals surface area contributed by atoms with E-state index in [0.29, 0.717) is 11.6 Å². The lowest BCUT2D eigenvalue weighted by atomic mass is 10.1. The lowest BCUT2D eigenvalue weighted by molar-refractivity contribution is 0.0431. The molecule has 0 saturated heterocycles. The first kappa shape index (κ1) is 15.8. The Hall–Kier alpha value is -3.74. The van der Waals surface area contributed by atoms with E-state index in [1.807, 2.05) is 60.7 Å². The molecule has 4 rings (SSSR count). The molecule has 0 amide bonds. The van der Waals surface area contributed by atoms with Gasteiger partial charge in [-0.15, -0.1) is 10.2 Å². The van der Waals surface area contributed by atoms with Crippen LogP contribution in [0.3, 0.4) is 0 Å². The Balaban J connectivity index is 1.40.